The van der Waals surface area contributed by atoms with Gasteiger partial charge in [-0.25, -0.2) is 0 Å². The van der Waals surface area contributed by atoms with Gasteiger partial charge in [0.1, 0.15) is 11.5 Å². The van der Waals surface area contributed by atoms with Gasteiger partial charge in [-0.2, -0.15) is 0 Å². The molecule has 0 radical (unpaired) electrons. The van der Waals surface area contributed by atoms with E-state index in [1.54, 1.807) is 13.8 Å². The molecule has 3 rings (SSSR count). The van der Waals surface area contributed by atoms with Gasteiger partial charge >= 0.3 is 0 Å². The topological polar surface area (TPSA) is 106 Å². The van der Waals surface area contributed by atoms with E-state index in [1.165, 1.54) is 12.1 Å². The van der Waals surface area contributed by atoms with E-state index in [0.29, 0.717) is 24.2 Å². The van der Waals surface area contributed by atoms with Gasteiger partial charge < -0.3 is 20.2 Å². The van der Waals surface area contributed by atoms with Crippen LogP contribution in [0.15, 0.2) is 52.1 Å². The number of aromatic nitrogens is 2. The van der Waals surface area contributed by atoms with Crippen molar-refractivity contribution < 1.29 is 10.2 Å². The Balaban J connectivity index is 2.13. The summed E-state index contributed by atoms with van der Waals surface area (Å²) in [4.78, 5) is 30.5. The molecular weight excluding hydrogens is 344 g/mol. The first kappa shape index (κ1) is 18.5. The summed E-state index contributed by atoms with van der Waals surface area (Å²) in [6.45, 7) is 3.33. The molecule has 0 atom stereocenters. The Labute approximate surface area is 156 Å². The van der Waals surface area contributed by atoms with Gasteiger partial charge in [-0.3, -0.25) is 9.59 Å². The molecule has 3 aromatic rings. The third-order valence-electron chi connectivity index (χ3n) is 4.63. The molecule has 0 unspecified atom stereocenters. The Morgan fingerprint density at radius 3 is 1.78 bits per heavy atom. The number of aromatic amines is 2. The summed E-state index contributed by atoms with van der Waals surface area (Å²) in [5.74, 6) is -1.12. The number of aromatic hydroxyl groups is 2. The van der Waals surface area contributed by atoms with Gasteiger partial charge in [0.25, 0.3) is 11.1 Å². The molecule has 2 heterocycles. The van der Waals surface area contributed by atoms with Crippen LogP contribution in [0.3, 0.4) is 0 Å². The van der Waals surface area contributed by atoms with Crippen LogP contribution in [-0.2, 0) is 6.42 Å². The first-order valence-electron chi connectivity index (χ1n) is 8.76. The van der Waals surface area contributed by atoms with Crippen molar-refractivity contribution in [3.8, 4) is 11.5 Å². The second kappa shape index (κ2) is 7.53. The lowest BCUT2D eigenvalue weighted by Gasteiger charge is -2.19. The van der Waals surface area contributed by atoms with Crippen molar-refractivity contribution in [3.05, 3.63) is 91.3 Å². The van der Waals surface area contributed by atoms with Crippen molar-refractivity contribution in [2.45, 2.75) is 32.6 Å². The quantitative estimate of drug-likeness (QED) is 0.557. The van der Waals surface area contributed by atoms with Gasteiger partial charge in [-0.05, 0) is 44.4 Å². The molecule has 1 aromatic carbocycles. The van der Waals surface area contributed by atoms with Crippen molar-refractivity contribution in [2.75, 3.05) is 0 Å². The standard InChI is InChI=1S/C21H22N2O4/c1-12-10-16(24)18(20(26)22-12)15(9-8-14-6-4-3-5-7-14)19-17(25)11-13(2)23-21(19)27/h3-7,10-11,15H,8-9H2,1-2H3,(H2,22,24,26)(H2,23,25,27). The fourth-order valence-corrected chi connectivity index (χ4v) is 3.43. The highest BCUT2D eigenvalue weighted by Crippen LogP contribution is 2.35. The van der Waals surface area contributed by atoms with Crippen LogP contribution in [-0.4, -0.2) is 20.2 Å². The maximum Gasteiger partial charge on any atom is 0.255 e. The van der Waals surface area contributed by atoms with Gasteiger partial charge in [-0.1, -0.05) is 30.3 Å². The van der Waals surface area contributed by atoms with Crippen LogP contribution in [0, 0.1) is 13.8 Å². The van der Waals surface area contributed by atoms with Crippen LogP contribution in [0.5, 0.6) is 11.5 Å². The van der Waals surface area contributed by atoms with Crippen LogP contribution in [0.25, 0.3) is 0 Å². The molecule has 2 aromatic heterocycles. The Bertz CT molecular complexity index is 1000. The monoisotopic (exact) mass is 366 g/mol. The molecule has 27 heavy (non-hydrogen) atoms. The molecule has 0 amide bonds. The number of H-pyrrole nitrogens is 2. The highest BCUT2D eigenvalue weighted by Gasteiger charge is 2.27. The smallest absolute Gasteiger partial charge is 0.255 e. The predicted molar refractivity (Wildman–Crippen MR) is 104 cm³/mol. The van der Waals surface area contributed by atoms with Gasteiger partial charge in [0.05, 0.1) is 11.1 Å². The third-order valence-corrected chi connectivity index (χ3v) is 4.63. The molecule has 0 bridgehead atoms. The summed E-state index contributed by atoms with van der Waals surface area (Å²) in [5.41, 5.74) is 1.31. The number of rotatable bonds is 5. The fourth-order valence-electron chi connectivity index (χ4n) is 3.43. The highest BCUT2D eigenvalue weighted by atomic mass is 16.3. The normalized spacial score (nSPS) is 11.1. The van der Waals surface area contributed by atoms with Gasteiger partial charge in [0, 0.05) is 17.3 Å². The van der Waals surface area contributed by atoms with Gasteiger partial charge in [0.15, 0.2) is 0 Å². The molecule has 0 saturated heterocycles. The lowest BCUT2D eigenvalue weighted by molar-refractivity contribution is 0.446. The molecule has 6 heteroatoms. The lowest BCUT2D eigenvalue weighted by atomic mass is 9.86. The molecule has 140 valence electrons. The second-order valence-corrected chi connectivity index (χ2v) is 6.74. The summed E-state index contributed by atoms with van der Waals surface area (Å²) < 4.78 is 0. The molecule has 0 aliphatic heterocycles. The molecular formula is C21H22N2O4. The summed E-state index contributed by atoms with van der Waals surface area (Å²) in [6, 6.07) is 12.5. The SMILES string of the molecule is Cc1cc(O)c(C(CCc2ccccc2)c2c(O)cc(C)[nH]c2=O)c(=O)[nH]1. The first-order chi connectivity index (χ1) is 12.9. The van der Waals surface area contributed by atoms with Crippen LogP contribution in [0.2, 0.25) is 0 Å². The number of nitrogens with one attached hydrogen (secondary N) is 2. The van der Waals surface area contributed by atoms with Gasteiger partial charge in [-0.15, -0.1) is 0 Å². The number of benzene rings is 1. The third kappa shape index (κ3) is 3.95. The Kier molecular flexibility index (Phi) is 5.16. The van der Waals surface area contributed by atoms with E-state index in [-0.39, 0.29) is 22.6 Å². The van der Waals surface area contributed by atoms with E-state index >= 15 is 0 Å². The van der Waals surface area contributed by atoms with Crippen molar-refractivity contribution in [2.24, 2.45) is 0 Å². The van der Waals surface area contributed by atoms with Crippen LogP contribution < -0.4 is 11.1 Å². The summed E-state index contributed by atoms with van der Waals surface area (Å²) in [6.07, 6.45) is 0.953. The molecule has 4 N–H and O–H groups in total. The maximum atomic E-state index is 12.6. The van der Waals surface area contributed by atoms with Crippen molar-refractivity contribution in [3.63, 3.8) is 0 Å². The Morgan fingerprint density at radius 1 is 0.852 bits per heavy atom. The number of hydrogen-bond acceptors (Lipinski definition) is 4. The maximum absolute atomic E-state index is 12.6. The minimum Gasteiger partial charge on any atom is -0.507 e. The van der Waals surface area contributed by atoms with Crippen molar-refractivity contribution in [1.82, 2.24) is 9.97 Å². The van der Waals surface area contributed by atoms with Crippen LogP contribution in [0.4, 0.5) is 0 Å². The lowest BCUT2D eigenvalue weighted by Crippen LogP contribution is -2.24. The van der Waals surface area contributed by atoms with E-state index in [1.807, 2.05) is 30.3 Å². The zero-order valence-electron chi connectivity index (χ0n) is 15.2. The summed E-state index contributed by atoms with van der Waals surface area (Å²) in [5, 5.41) is 20.8. The first-order valence-corrected chi connectivity index (χ1v) is 8.76. The Hall–Kier alpha value is -3.28. The van der Waals surface area contributed by atoms with Crippen LogP contribution >= 0.6 is 0 Å². The zero-order chi connectivity index (χ0) is 19.6. The Morgan fingerprint density at radius 2 is 1.33 bits per heavy atom. The van der Waals surface area contributed by atoms with E-state index in [0.717, 1.165) is 5.56 Å². The van der Waals surface area contributed by atoms with E-state index in [9.17, 15) is 19.8 Å². The summed E-state index contributed by atoms with van der Waals surface area (Å²) >= 11 is 0. The van der Waals surface area contributed by atoms with Crippen molar-refractivity contribution >= 4 is 0 Å². The molecule has 0 saturated carbocycles. The highest BCUT2D eigenvalue weighted by molar-refractivity contribution is 5.45. The largest absolute Gasteiger partial charge is 0.507 e. The molecule has 0 aliphatic carbocycles. The second-order valence-electron chi connectivity index (χ2n) is 6.74. The molecule has 6 nitrogen and oxygen atoms in total. The predicted octanol–water partition coefficient (Wildman–Crippen LogP) is 2.86. The zero-order valence-corrected chi connectivity index (χ0v) is 15.2. The minimum atomic E-state index is -0.751. The number of aryl methyl sites for hydroxylation is 3. The fraction of sp³-hybridized carbons (Fsp3) is 0.238. The minimum absolute atomic E-state index is 0.0844. The molecule has 0 aliphatic rings. The molecule has 0 fully saturated rings. The summed E-state index contributed by atoms with van der Waals surface area (Å²) in [7, 11) is 0. The van der Waals surface area contributed by atoms with Gasteiger partial charge in [0.2, 0.25) is 0 Å². The van der Waals surface area contributed by atoms with Crippen molar-refractivity contribution in [1.29, 1.82) is 0 Å². The van der Waals surface area contributed by atoms with E-state index in [2.05, 4.69) is 9.97 Å². The average Bonchev–Trinajstić information content (AvgIpc) is 2.58. The molecule has 0 spiro atoms. The van der Waals surface area contributed by atoms with E-state index in [4.69, 9.17) is 0 Å². The number of hydrogen-bond donors (Lipinski definition) is 4. The van der Waals surface area contributed by atoms with E-state index < -0.39 is 17.0 Å². The van der Waals surface area contributed by atoms with Crippen LogP contribution in [0.1, 0.15) is 40.4 Å². The number of pyridine rings is 2. The average molecular weight is 366 g/mol.